The number of hydrogen-bond donors (Lipinski definition) is 1. The van der Waals surface area contributed by atoms with E-state index in [2.05, 4.69) is 53.2 Å². The van der Waals surface area contributed by atoms with E-state index in [4.69, 9.17) is 4.74 Å². The van der Waals surface area contributed by atoms with Crippen LogP contribution < -0.4 is 5.32 Å². The summed E-state index contributed by atoms with van der Waals surface area (Å²) < 4.78 is 5.07. The van der Waals surface area contributed by atoms with Gasteiger partial charge in [0, 0.05) is 45.3 Å². The quantitative estimate of drug-likeness (QED) is 0.617. The van der Waals surface area contributed by atoms with Crippen molar-refractivity contribution in [2.24, 2.45) is 5.92 Å². The molecule has 1 N–H and O–H groups in total. The molecule has 3 rings (SSSR count). The molecule has 7 nitrogen and oxygen atoms in total. The van der Waals surface area contributed by atoms with Crippen molar-refractivity contribution in [3.8, 4) is 11.8 Å². The van der Waals surface area contributed by atoms with Crippen LogP contribution in [0.3, 0.4) is 0 Å². The average molecular weight is 469 g/mol. The van der Waals surface area contributed by atoms with E-state index in [-0.39, 0.29) is 18.2 Å². The smallest absolute Gasteiger partial charge is 0.409 e. The molecule has 0 aromatic heterocycles. The van der Waals surface area contributed by atoms with Crippen LogP contribution in [0.4, 0.5) is 9.59 Å². The van der Waals surface area contributed by atoms with E-state index in [1.54, 1.807) is 4.90 Å². The van der Waals surface area contributed by atoms with Crippen LogP contribution in [-0.2, 0) is 11.3 Å². The number of ether oxygens (including phenoxy) is 1. The highest BCUT2D eigenvalue weighted by atomic mass is 16.6. The minimum Gasteiger partial charge on any atom is -0.450 e. The van der Waals surface area contributed by atoms with Crippen molar-refractivity contribution in [2.75, 3.05) is 45.9 Å². The lowest BCUT2D eigenvalue weighted by Crippen LogP contribution is -2.52. The average Bonchev–Trinajstić information content (AvgIpc) is 2.85. The van der Waals surface area contributed by atoms with Crippen LogP contribution in [0.2, 0.25) is 0 Å². The molecule has 0 aliphatic carbocycles. The molecule has 0 saturated carbocycles. The Morgan fingerprint density at radius 2 is 1.71 bits per heavy atom. The molecule has 2 saturated heterocycles. The van der Waals surface area contributed by atoms with Crippen LogP contribution in [0.25, 0.3) is 0 Å². The number of nitrogens with zero attached hydrogens (tertiary/aromatic N) is 3. The summed E-state index contributed by atoms with van der Waals surface area (Å²) >= 11 is 0. The molecule has 0 bridgehead atoms. The van der Waals surface area contributed by atoms with Crippen molar-refractivity contribution in [1.82, 2.24) is 20.0 Å². The monoisotopic (exact) mass is 468 g/mol. The standard InChI is InChI=1S/C27H40N4O3/c1-4-6-15-29(20-23-9-7-22(3)8-10-23)21-24-11-16-30(17-12-24)26(32)28-25-13-18-31(19-14-25)27(33)34-5-2/h7-10,24-25H,5,11-21H2,1-3H3,(H,28,32). The van der Waals surface area contributed by atoms with Gasteiger partial charge in [0.25, 0.3) is 0 Å². The van der Waals surface area contributed by atoms with Gasteiger partial charge in [0.2, 0.25) is 0 Å². The summed E-state index contributed by atoms with van der Waals surface area (Å²) in [6, 6.07) is 8.88. The van der Waals surface area contributed by atoms with Crippen LogP contribution >= 0.6 is 0 Å². The van der Waals surface area contributed by atoms with Gasteiger partial charge in [0.15, 0.2) is 0 Å². The maximum Gasteiger partial charge on any atom is 0.409 e. The Morgan fingerprint density at radius 1 is 1.06 bits per heavy atom. The van der Waals surface area contributed by atoms with Crippen molar-refractivity contribution in [3.63, 3.8) is 0 Å². The van der Waals surface area contributed by atoms with Gasteiger partial charge in [-0.3, -0.25) is 4.90 Å². The Balaban J connectivity index is 1.41. The fraction of sp³-hybridized carbons (Fsp3) is 0.630. The van der Waals surface area contributed by atoms with E-state index in [0.29, 0.717) is 25.6 Å². The lowest BCUT2D eigenvalue weighted by atomic mass is 9.96. The number of nitrogens with one attached hydrogen (secondary N) is 1. The first-order chi connectivity index (χ1) is 16.5. The zero-order valence-corrected chi connectivity index (χ0v) is 21.0. The molecule has 0 spiro atoms. The summed E-state index contributed by atoms with van der Waals surface area (Å²) in [4.78, 5) is 30.8. The highest BCUT2D eigenvalue weighted by Crippen LogP contribution is 2.20. The molecule has 0 atom stereocenters. The SMILES string of the molecule is CC#CCN(Cc1ccc(C)cc1)CC1CCN(C(=O)NC2CCN(C(=O)OCC)CC2)CC1. The van der Waals surface area contributed by atoms with Crippen LogP contribution in [-0.4, -0.2) is 78.7 Å². The predicted molar refractivity (Wildman–Crippen MR) is 134 cm³/mol. The van der Waals surface area contributed by atoms with E-state index >= 15 is 0 Å². The number of hydrogen-bond acceptors (Lipinski definition) is 4. The van der Waals surface area contributed by atoms with E-state index in [9.17, 15) is 9.59 Å². The fourth-order valence-electron chi connectivity index (χ4n) is 4.70. The van der Waals surface area contributed by atoms with Gasteiger partial charge < -0.3 is 19.9 Å². The number of benzene rings is 1. The van der Waals surface area contributed by atoms with E-state index < -0.39 is 0 Å². The number of piperidine rings is 2. The van der Waals surface area contributed by atoms with Crippen LogP contribution in [0.15, 0.2) is 24.3 Å². The zero-order chi connectivity index (χ0) is 24.3. The molecule has 7 heteroatoms. The largest absolute Gasteiger partial charge is 0.450 e. The first kappa shape index (κ1) is 25.9. The first-order valence-corrected chi connectivity index (χ1v) is 12.6. The molecule has 0 radical (unpaired) electrons. The Bertz CT molecular complexity index is 845. The van der Waals surface area contributed by atoms with Gasteiger partial charge in [-0.25, -0.2) is 9.59 Å². The Kier molecular flexibility index (Phi) is 10.1. The van der Waals surface area contributed by atoms with E-state index in [0.717, 1.165) is 58.4 Å². The maximum absolute atomic E-state index is 12.8. The lowest BCUT2D eigenvalue weighted by molar-refractivity contribution is 0.0945. The van der Waals surface area contributed by atoms with Gasteiger partial charge in [-0.15, -0.1) is 5.92 Å². The maximum atomic E-state index is 12.8. The number of carbonyl (C=O) groups is 2. The second-order valence-corrected chi connectivity index (χ2v) is 9.42. The molecule has 2 aliphatic rings. The molecule has 2 aliphatic heterocycles. The van der Waals surface area contributed by atoms with E-state index in [1.807, 2.05) is 18.7 Å². The number of amides is 3. The number of likely N-dealkylation sites (tertiary alicyclic amines) is 2. The van der Waals surface area contributed by atoms with Crippen LogP contribution in [0.5, 0.6) is 0 Å². The Morgan fingerprint density at radius 3 is 2.32 bits per heavy atom. The highest BCUT2D eigenvalue weighted by Gasteiger charge is 2.28. The van der Waals surface area contributed by atoms with Gasteiger partial charge in [0.1, 0.15) is 0 Å². The number of urea groups is 1. The summed E-state index contributed by atoms with van der Waals surface area (Å²) in [5, 5.41) is 3.18. The molecule has 2 heterocycles. The summed E-state index contributed by atoms with van der Waals surface area (Å²) in [6.45, 7) is 11.7. The minimum absolute atomic E-state index is 0.0291. The van der Waals surface area contributed by atoms with Crippen molar-refractivity contribution in [2.45, 2.75) is 59.0 Å². The van der Waals surface area contributed by atoms with E-state index in [1.165, 1.54) is 11.1 Å². The van der Waals surface area contributed by atoms with Crippen LogP contribution in [0, 0.1) is 24.7 Å². The zero-order valence-electron chi connectivity index (χ0n) is 21.0. The molecule has 2 fully saturated rings. The molecular formula is C27H40N4O3. The minimum atomic E-state index is -0.254. The molecular weight excluding hydrogens is 428 g/mol. The van der Waals surface area contributed by atoms with Gasteiger partial charge in [-0.1, -0.05) is 35.7 Å². The highest BCUT2D eigenvalue weighted by molar-refractivity contribution is 5.74. The number of rotatable bonds is 7. The van der Waals surface area contributed by atoms with Gasteiger partial charge in [-0.05, 0) is 57.9 Å². The van der Waals surface area contributed by atoms with Crippen molar-refractivity contribution < 1.29 is 14.3 Å². The van der Waals surface area contributed by atoms with Gasteiger partial charge in [0.05, 0.1) is 13.2 Å². The molecule has 3 amide bonds. The third-order valence-corrected chi connectivity index (χ3v) is 6.77. The van der Waals surface area contributed by atoms with Crippen molar-refractivity contribution >= 4 is 12.1 Å². The summed E-state index contributed by atoms with van der Waals surface area (Å²) in [6.07, 6.45) is 3.31. The Labute approximate surface area is 204 Å². The molecule has 186 valence electrons. The Hall–Kier alpha value is -2.72. The van der Waals surface area contributed by atoms with Crippen molar-refractivity contribution in [3.05, 3.63) is 35.4 Å². The molecule has 0 unspecified atom stereocenters. The van der Waals surface area contributed by atoms with Crippen molar-refractivity contribution in [1.29, 1.82) is 0 Å². The number of aryl methyl sites for hydroxylation is 1. The number of carbonyl (C=O) groups excluding carboxylic acids is 2. The van der Waals surface area contributed by atoms with Crippen LogP contribution in [0.1, 0.15) is 50.7 Å². The van der Waals surface area contributed by atoms with Gasteiger partial charge >= 0.3 is 12.1 Å². The molecule has 1 aromatic rings. The third-order valence-electron chi connectivity index (χ3n) is 6.77. The van der Waals surface area contributed by atoms with Gasteiger partial charge in [-0.2, -0.15) is 0 Å². The summed E-state index contributed by atoms with van der Waals surface area (Å²) in [5.74, 6) is 6.82. The first-order valence-electron chi connectivity index (χ1n) is 12.6. The summed E-state index contributed by atoms with van der Waals surface area (Å²) in [7, 11) is 0. The third kappa shape index (κ3) is 7.95. The molecule has 34 heavy (non-hydrogen) atoms. The fourth-order valence-corrected chi connectivity index (χ4v) is 4.70. The lowest BCUT2D eigenvalue weighted by Gasteiger charge is -2.36. The second kappa shape index (κ2) is 13.2. The normalized spacial score (nSPS) is 17.3. The topological polar surface area (TPSA) is 65.1 Å². The predicted octanol–water partition coefficient (Wildman–Crippen LogP) is 3.86. The summed E-state index contributed by atoms with van der Waals surface area (Å²) in [5.41, 5.74) is 2.59. The second-order valence-electron chi connectivity index (χ2n) is 9.42. The molecule has 1 aromatic carbocycles.